The molecule has 1 aliphatic rings. The van der Waals surface area contributed by atoms with Crippen molar-refractivity contribution in [3.8, 4) is 17.4 Å². The fourth-order valence-corrected chi connectivity index (χ4v) is 3.67. The molecule has 33 heavy (non-hydrogen) atoms. The van der Waals surface area contributed by atoms with Gasteiger partial charge in [-0.25, -0.2) is 19.0 Å². The number of benzene rings is 1. The molecule has 0 bridgehead atoms. The van der Waals surface area contributed by atoms with Crippen LogP contribution in [0.5, 0.6) is 5.88 Å². The van der Waals surface area contributed by atoms with Gasteiger partial charge in [-0.05, 0) is 26.8 Å². The number of ether oxygens (including phenoxy) is 2. The average Bonchev–Trinajstić information content (AvgIpc) is 3.29. The smallest absolute Gasteiger partial charge is 0.326 e. The topological polar surface area (TPSA) is 134 Å². The molecule has 0 fully saturated rings. The Morgan fingerprint density at radius 2 is 2.00 bits per heavy atom. The lowest BCUT2D eigenvalue weighted by Crippen LogP contribution is -2.41. The number of hydrogen-bond donors (Lipinski definition) is 2. The van der Waals surface area contributed by atoms with Gasteiger partial charge < -0.3 is 20.5 Å². The van der Waals surface area contributed by atoms with Crippen LogP contribution >= 0.6 is 0 Å². The van der Waals surface area contributed by atoms with E-state index in [1.165, 1.54) is 17.7 Å². The second-order valence-corrected chi connectivity index (χ2v) is 7.51. The monoisotopic (exact) mass is 454 g/mol. The molecule has 4 rings (SSSR count). The minimum absolute atomic E-state index is 0.0504. The van der Waals surface area contributed by atoms with Gasteiger partial charge in [-0.15, -0.1) is 0 Å². The summed E-state index contributed by atoms with van der Waals surface area (Å²) >= 11 is 0. The second kappa shape index (κ2) is 8.49. The summed E-state index contributed by atoms with van der Waals surface area (Å²) in [7, 11) is 0. The van der Waals surface area contributed by atoms with Crippen LogP contribution in [0.15, 0.2) is 30.3 Å². The van der Waals surface area contributed by atoms with Gasteiger partial charge in [0.2, 0.25) is 11.8 Å². The van der Waals surface area contributed by atoms with Crippen molar-refractivity contribution in [1.82, 2.24) is 19.7 Å². The summed E-state index contributed by atoms with van der Waals surface area (Å²) in [5, 5.41) is 7.05. The Labute approximate surface area is 188 Å². The first-order valence-electron chi connectivity index (χ1n) is 10.4. The lowest BCUT2D eigenvalue weighted by atomic mass is 9.84. The number of hydrogen-bond acceptors (Lipinski definition) is 8. The Balaban J connectivity index is 1.75. The maximum absolute atomic E-state index is 14.2. The zero-order valence-corrected chi connectivity index (χ0v) is 18.4. The number of amides is 1. The largest absolute Gasteiger partial charge is 0.478 e. The summed E-state index contributed by atoms with van der Waals surface area (Å²) in [6.45, 7) is 5.47. The lowest BCUT2D eigenvalue weighted by Gasteiger charge is -2.20. The number of anilines is 2. The SMILES string of the molecule is CCOC(=O)C1(C)C(=O)Nc2nc(-c3cc(OCC)n(Cc4ccccc4F)n3)nc(N)c21. The summed E-state index contributed by atoms with van der Waals surface area (Å²) in [5.74, 6) is -1.14. The third kappa shape index (κ3) is 3.75. The van der Waals surface area contributed by atoms with E-state index in [1.807, 2.05) is 6.92 Å². The summed E-state index contributed by atoms with van der Waals surface area (Å²) in [6.07, 6.45) is 0. The number of nitrogens with zero attached hydrogens (tertiary/aromatic N) is 4. The molecule has 172 valence electrons. The van der Waals surface area contributed by atoms with Crippen molar-refractivity contribution in [2.45, 2.75) is 32.7 Å². The van der Waals surface area contributed by atoms with Crippen molar-refractivity contribution in [3.05, 3.63) is 47.3 Å². The minimum atomic E-state index is -1.66. The van der Waals surface area contributed by atoms with Crippen molar-refractivity contribution in [3.63, 3.8) is 0 Å². The van der Waals surface area contributed by atoms with Crippen molar-refractivity contribution < 1.29 is 23.5 Å². The number of nitrogens with two attached hydrogens (primary N) is 1. The Kier molecular flexibility index (Phi) is 5.71. The van der Waals surface area contributed by atoms with Gasteiger partial charge in [-0.2, -0.15) is 5.10 Å². The molecule has 1 aliphatic heterocycles. The number of fused-ring (bicyclic) bond motifs is 1. The van der Waals surface area contributed by atoms with Crippen LogP contribution in [0.2, 0.25) is 0 Å². The highest BCUT2D eigenvalue weighted by atomic mass is 19.1. The molecule has 3 N–H and O–H groups in total. The van der Waals surface area contributed by atoms with E-state index in [0.29, 0.717) is 23.7 Å². The fourth-order valence-electron chi connectivity index (χ4n) is 3.67. The van der Waals surface area contributed by atoms with Gasteiger partial charge in [0.15, 0.2) is 11.2 Å². The van der Waals surface area contributed by atoms with Crippen LogP contribution in [0.3, 0.4) is 0 Å². The highest BCUT2D eigenvalue weighted by molar-refractivity contribution is 6.19. The van der Waals surface area contributed by atoms with E-state index in [9.17, 15) is 14.0 Å². The predicted molar refractivity (Wildman–Crippen MR) is 117 cm³/mol. The molecular formula is C22H23FN6O4. The average molecular weight is 454 g/mol. The molecule has 3 aromatic rings. The number of carbonyl (C=O) groups is 2. The zero-order valence-electron chi connectivity index (χ0n) is 18.4. The molecule has 2 aromatic heterocycles. The summed E-state index contributed by atoms with van der Waals surface area (Å²) in [5.41, 5.74) is 5.40. The van der Waals surface area contributed by atoms with E-state index in [4.69, 9.17) is 15.2 Å². The third-order valence-corrected chi connectivity index (χ3v) is 5.35. The molecule has 1 unspecified atom stereocenters. The Morgan fingerprint density at radius 3 is 2.70 bits per heavy atom. The summed E-state index contributed by atoms with van der Waals surface area (Å²) in [4.78, 5) is 33.8. The summed E-state index contributed by atoms with van der Waals surface area (Å²) < 4.78 is 26.4. The first-order valence-corrected chi connectivity index (χ1v) is 10.4. The number of nitrogens with one attached hydrogen (secondary N) is 1. The first kappa shape index (κ1) is 22.2. The number of carbonyl (C=O) groups excluding carboxylic acids is 2. The maximum Gasteiger partial charge on any atom is 0.326 e. The van der Waals surface area contributed by atoms with E-state index in [2.05, 4.69) is 20.4 Å². The van der Waals surface area contributed by atoms with Crippen molar-refractivity contribution in [2.75, 3.05) is 24.3 Å². The van der Waals surface area contributed by atoms with Crippen LogP contribution in [0.4, 0.5) is 16.0 Å². The minimum Gasteiger partial charge on any atom is -0.478 e. The van der Waals surface area contributed by atoms with Crippen LogP contribution in [-0.2, 0) is 26.3 Å². The Hall–Kier alpha value is -4.02. The molecule has 0 spiro atoms. The van der Waals surface area contributed by atoms with Gasteiger partial charge >= 0.3 is 5.97 Å². The summed E-state index contributed by atoms with van der Waals surface area (Å²) in [6, 6.07) is 7.97. The standard InChI is InChI=1S/C22H23FN6O4/c1-4-32-15-10-14(28-29(15)11-12-8-6-7-9-13(12)23)18-25-17(24)16-19(26-18)27-20(30)22(16,3)21(31)33-5-2/h6-10H,4-5,11H2,1-3H3,(H3,24,25,26,27,30). The number of nitrogen functional groups attached to an aromatic ring is 1. The van der Waals surface area contributed by atoms with E-state index in [1.54, 1.807) is 31.2 Å². The molecular weight excluding hydrogens is 431 g/mol. The van der Waals surface area contributed by atoms with Gasteiger partial charge in [0.25, 0.3) is 0 Å². The van der Waals surface area contributed by atoms with Crippen LogP contribution in [-0.4, -0.2) is 44.8 Å². The third-order valence-electron chi connectivity index (χ3n) is 5.35. The van der Waals surface area contributed by atoms with Gasteiger partial charge in [0.05, 0.1) is 25.3 Å². The zero-order chi connectivity index (χ0) is 23.8. The van der Waals surface area contributed by atoms with Crippen LogP contribution in [0.1, 0.15) is 31.9 Å². The van der Waals surface area contributed by atoms with Crippen LogP contribution in [0, 0.1) is 5.82 Å². The molecule has 11 heteroatoms. The van der Waals surface area contributed by atoms with E-state index in [0.717, 1.165) is 0 Å². The maximum atomic E-state index is 14.2. The fraction of sp³-hybridized carbons (Fsp3) is 0.318. The molecule has 0 saturated heterocycles. The first-order chi connectivity index (χ1) is 15.8. The number of halogens is 1. The highest BCUT2D eigenvalue weighted by Gasteiger charge is 2.53. The van der Waals surface area contributed by atoms with Gasteiger partial charge in [-0.1, -0.05) is 18.2 Å². The number of rotatable bonds is 7. The predicted octanol–water partition coefficient (Wildman–Crippen LogP) is 2.28. The van der Waals surface area contributed by atoms with Crippen molar-refractivity contribution >= 4 is 23.5 Å². The molecule has 0 saturated carbocycles. The second-order valence-electron chi connectivity index (χ2n) is 7.51. The van der Waals surface area contributed by atoms with E-state index < -0.39 is 17.3 Å². The molecule has 1 amide bonds. The molecule has 0 radical (unpaired) electrons. The molecule has 10 nitrogen and oxygen atoms in total. The number of aromatic nitrogens is 4. The molecule has 3 heterocycles. The van der Waals surface area contributed by atoms with E-state index in [-0.39, 0.29) is 42.0 Å². The quantitative estimate of drug-likeness (QED) is 0.410. The molecule has 0 aliphatic carbocycles. The molecule has 1 atom stereocenters. The van der Waals surface area contributed by atoms with Crippen LogP contribution < -0.4 is 15.8 Å². The van der Waals surface area contributed by atoms with Crippen molar-refractivity contribution in [1.29, 1.82) is 0 Å². The highest BCUT2D eigenvalue weighted by Crippen LogP contribution is 2.41. The Morgan fingerprint density at radius 1 is 1.24 bits per heavy atom. The molecule has 1 aromatic carbocycles. The van der Waals surface area contributed by atoms with Gasteiger partial charge in [0, 0.05) is 11.6 Å². The lowest BCUT2D eigenvalue weighted by molar-refractivity contribution is -0.152. The van der Waals surface area contributed by atoms with Crippen LogP contribution in [0.25, 0.3) is 11.5 Å². The van der Waals surface area contributed by atoms with E-state index >= 15 is 0 Å². The van der Waals surface area contributed by atoms with Crippen molar-refractivity contribution in [2.24, 2.45) is 0 Å². The Bertz CT molecular complexity index is 1240. The van der Waals surface area contributed by atoms with Gasteiger partial charge in [0.1, 0.15) is 23.1 Å². The van der Waals surface area contributed by atoms with Gasteiger partial charge in [-0.3, -0.25) is 9.59 Å². The normalized spacial score (nSPS) is 16.9. The number of esters is 1.